The summed E-state index contributed by atoms with van der Waals surface area (Å²) in [5.41, 5.74) is 1.91. The van der Waals surface area contributed by atoms with Gasteiger partial charge in [0.15, 0.2) is 0 Å². The quantitative estimate of drug-likeness (QED) is 0.843. The number of nitrogens with one attached hydrogen (secondary N) is 1. The Labute approximate surface area is 114 Å². The highest BCUT2D eigenvalue weighted by molar-refractivity contribution is 9.10. The number of carbonyl (C=O) groups is 2. The first kappa shape index (κ1) is 14.4. The molecule has 18 heavy (non-hydrogen) atoms. The van der Waals surface area contributed by atoms with Crippen LogP contribution < -0.4 is 5.32 Å². The molecule has 0 radical (unpaired) electrons. The van der Waals surface area contributed by atoms with Crippen LogP contribution in [0.25, 0.3) is 0 Å². The topological polar surface area (TPSA) is 66.4 Å². The molecule has 0 heterocycles. The van der Waals surface area contributed by atoms with Crippen molar-refractivity contribution in [2.45, 2.75) is 20.8 Å². The summed E-state index contributed by atoms with van der Waals surface area (Å²) in [6.45, 7) is 4.83. The van der Waals surface area contributed by atoms with E-state index in [2.05, 4.69) is 21.2 Å². The summed E-state index contributed by atoms with van der Waals surface area (Å²) < 4.78 is 0.886. The second kappa shape index (κ2) is 5.82. The van der Waals surface area contributed by atoms with E-state index in [-0.39, 0.29) is 11.1 Å². The fourth-order valence-corrected chi connectivity index (χ4v) is 1.60. The van der Waals surface area contributed by atoms with Crippen LogP contribution in [-0.2, 0) is 9.59 Å². The van der Waals surface area contributed by atoms with Gasteiger partial charge in [-0.2, -0.15) is 0 Å². The third kappa shape index (κ3) is 3.43. The zero-order valence-corrected chi connectivity index (χ0v) is 12.0. The van der Waals surface area contributed by atoms with Gasteiger partial charge in [0.05, 0.1) is 0 Å². The molecule has 0 saturated heterocycles. The monoisotopic (exact) mass is 311 g/mol. The lowest BCUT2D eigenvalue weighted by molar-refractivity contribution is -0.133. The zero-order valence-electron chi connectivity index (χ0n) is 10.4. The van der Waals surface area contributed by atoms with Gasteiger partial charge in [-0.05, 0) is 38.5 Å². The fourth-order valence-electron chi connectivity index (χ4n) is 1.23. The van der Waals surface area contributed by atoms with Crippen molar-refractivity contribution in [3.05, 3.63) is 39.4 Å². The van der Waals surface area contributed by atoms with E-state index in [0.29, 0.717) is 5.69 Å². The Kier molecular flexibility index (Phi) is 4.67. The molecule has 1 amide bonds. The molecule has 1 aromatic rings. The molecular formula is C13H14BrNO3. The molecule has 0 saturated carbocycles. The van der Waals surface area contributed by atoms with Crippen LogP contribution in [0.15, 0.2) is 33.8 Å². The molecule has 1 aromatic carbocycles. The van der Waals surface area contributed by atoms with Crippen LogP contribution in [0.1, 0.15) is 19.4 Å². The van der Waals surface area contributed by atoms with E-state index in [0.717, 1.165) is 10.0 Å². The molecule has 0 aliphatic carbocycles. The summed E-state index contributed by atoms with van der Waals surface area (Å²) in [6, 6.07) is 5.40. The Hall–Kier alpha value is -1.62. The summed E-state index contributed by atoms with van der Waals surface area (Å²) in [6.07, 6.45) is 0. The van der Waals surface area contributed by atoms with Crippen molar-refractivity contribution in [3.63, 3.8) is 0 Å². The molecule has 0 spiro atoms. The second-order valence-corrected chi connectivity index (χ2v) is 4.83. The molecule has 4 nitrogen and oxygen atoms in total. The Morgan fingerprint density at radius 3 is 2.33 bits per heavy atom. The number of hydrogen-bond acceptors (Lipinski definition) is 2. The van der Waals surface area contributed by atoms with Crippen molar-refractivity contribution in [1.82, 2.24) is 0 Å². The molecule has 0 aliphatic heterocycles. The van der Waals surface area contributed by atoms with Crippen molar-refractivity contribution in [2.24, 2.45) is 0 Å². The van der Waals surface area contributed by atoms with Crippen LogP contribution in [-0.4, -0.2) is 17.0 Å². The van der Waals surface area contributed by atoms with Gasteiger partial charge in [-0.15, -0.1) is 0 Å². The number of aliphatic carboxylic acids is 1. The van der Waals surface area contributed by atoms with Crippen LogP contribution in [0.5, 0.6) is 0 Å². The lowest BCUT2D eigenvalue weighted by Crippen LogP contribution is -2.16. The average molecular weight is 312 g/mol. The minimum Gasteiger partial charge on any atom is -0.478 e. The maximum atomic E-state index is 11.8. The summed E-state index contributed by atoms with van der Waals surface area (Å²) in [5, 5.41) is 11.5. The molecule has 0 fully saturated rings. The zero-order chi connectivity index (χ0) is 13.9. The predicted octanol–water partition coefficient (Wildman–Crippen LogP) is 3.12. The van der Waals surface area contributed by atoms with E-state index in [1.54, 1.807) is 12.1 Å². The minimum absolute atomic E-state index is 0.0404. The van der Waals surface area contributed by atoms with Gasteiger partial charge >= 0.3 is 5.97 Å². The molecule has 0 unspecified atom stereocenters. The molecule has 96 valence electrons. The molecule has 0 aliphatic rings. The largest absolute Gasteiger partial charge is 0.478 e. The summed E-state index contributed by atoms with van der Waals surface area (Å²) in [5.74, 6) is -1.50. The second-order valence-electron chi connectivity index (χ2n) is 3.97. The normalized spacial score (nSPS) is 11.8. The highest BCUT2D eigenvalue weighted by atomic mass is 79.9. The van der Waals surface area contributed by atoms with Gasteiger partial charge in [-0.25, -0.2) is 4.79 Å². The SMILES string of the molecule is C/C(C(=O)O)=C(\C)C(=O)Nc1ccc(C)c(Br)c1. The van der Waals surface area contributed by atoms with E-state index >= 15 is 0 Å². The number of carbonyl (C=O) groups excluding carboxylic acids is 1. The minimum atomic E-state index is -1.09. The first-order valence-electron chi connectivity index (χ1n) is 5.31. The number of hydrogen-bond donors (Lipinski definition) is 2. The molecule has 2 N–H and O–H groups in total. The van der Waals surface area contributed by atoms with Crippen LogP contribution in [0.2, 0.25) is 0 Å². The Morgan fingerprint density at radius 2 is 1.83 bits per heavy atom. The smallest absolute Gasteiger partial charge is 0.331 e. The van der Waals surface area contributed by atoms with Gasteiger partial charge in [0.2, 0.25) is 0 Å². The Morgan fingerprint density at radius 1 is 1.22 bits per heavy atom. The molecule has 0 bridgehead atoms. The van der Waals surface area contributed by atoms with Gasteiger partial charge < -0.3 is 10.4 Å². The number of carboxylic acids is 1. The van der Waals surface area contributed by atoms with Crippen molar-refractivity contribution in [3.8, 4) is 0 Å². The number of carboxylic acid groups (broad SMARTS) is 1. The standard InChI is InChI=1S/C13H14BrNO3/c1-7-4-5-10(6-11(7)14)15-12(16)8(2)9(3)13(17)18/h4-6H,1-3H3,(H,15,16)(H,17,18)/b9-8-. The number of benzene rings is 1. The van der Waals surface area contributed by atoms with E-state index in [4.69, 9.17) is 5.11 Å². The van der Waals surface area contributed by atoms with Gasteiger partial charge in [0, 0.05) is 21.3 Å². The van der Waals surface area contributed by atoms with Gasteiger partial charge in [0.25, 0.3) is 5.91 Å². The molecule has 5 heteroatoms. The van der Waals surface area contributed by atoms with Crippen LogP contribution in [0.4, 0.5) is 5.69 Å². The van der Waals surface area contributed by atoms with Crippen LogP contribution >= 0.6 is 15.9 Å². The number of aryl methyl sites for hydroxylation is 1. The summed E-state index contributed by atoms with van der Waals surface area (Å²) in [7, 11) is 0. The lowest BCUT2D eigenvalue weighted by atomic mass is 10.1. The van der Waals surface area contributed by atoms with Gasteiger partial charge in [0.1, 0.15) is 0 Å². The molecule has 0 atom stereocenters. The third-order valence-electron chi connectivity index (χ3n) is 2.65. The first-order chi connectivity index (χ1) is 8.32. The van der Waals surface area contributed by atoms with Gasteiger partial charge in [-0.1, -0.05) is 22.0 Å². The van der Waals surface area contributed by atoms with E-state index in [1.165, 1.54) is 13.8 Å². The molecule has 1 rings (SSSR count). The Bertz CT molecular complexity index is 535. The summed E-state index contributed by atoms with van der Waals surface area (Å²) >= 11 is 3.37. The molecular weight excluding hydrogens is 298 g/mol. The number of rotatable bonds is 3. The maximum absolute atomic E-state index is 11.8. The predicted molar refractivity (Wildman–Crippen MR) is 73.5 cm³/mol. The van der Waals surface area contributed by atoms with Crippen LogP contribution in [0, 0.1) is 6.92 Å². The van der Waals surface area contributed by atoms with Crippen molar-refractivity contribution >= 4 is 33.5 Å². The van der Waals surface area contributed by atoms with E-state index < -0.39 is 11.9 Å². The van der Waals surface area contributed by atoms with E-state index in [9.17, 15) is 9.59 Å². The molecule has 0 aromatic heterocycles. The highest BCUT2D eigenvalue weighted by Crippen LogP contribution is 2.21. The number of amides is 1. The average Bonchev–Trinajstić information content (AvgIpc) is 2.31. The number of halogens is 1. The van der Waals surface area contributed by atoms with Crippen LogP contribution in [0.3, 0.4) is 0 Å². The van der Waals surface area contributed by atoms with Crippen molar-refractivity contribution in [2.75, 3.05) is 5.32 Å². The first-order valence-corrected chi connectivity index (χ1v) is 6.10. The highest BCUT2D eigenvalue weighted by Gasteiger charge is 2.12. The maximum Gasteiger partial charge on any atom is 0.331 e. The lowest BCUT2D eigenvalue weighted by Gasteiger charge is -2.08. The Balaban J connectivity index is 2.92. The summed E-state index contributed by atoms with van der Waals surface area (Å²) in [4.78, 5) is 22.6. The van der Waals surface area contributed by atoms with Crippen molar-refractivity contribution < 1.29 is 14.7 Å². The van der Waals surface area contributed by atoms with E-state index in [1.807, 2.05) is 13.0 Å². The third-order valence-corrected chi connectivity index (χ3v) is 3.51. The number of anilines is 1. The van der Waals surface area contributed by atoms with Crippen molar-refractivity contribution in [1.29, 1.82) is 0 Å². The fraction of sp³-hybridized carbons (Fsp3) is 0.231. The van der Waals surface area contributed by atoms with Gasteiger partial charge in [-0.3, -0.25) is 4.79 Å².